The topological polar surface area (TPSA) is 15.3 Å². The van der Waals surface area contributed by atoms with E-state index in [2.05, 4.69) is 17.1 Å². The van der Waals surface area contributed by atoms with E-state index in [9.17, 15) is 8.78 Å². The predicted molar refractivity (Wildman–Crippen MR) is 89.9 cm³/mol. The van der Waals surface area contributed by atoms with Crippen molar-refractivity contribution in [3.05, 3.63) is 34.4 Å². The Bertz CT molecular complexity index is 442. The first-order chi connectivity index (χ1) is 10.1. The van der Waals surface area contributed by atoms with E-state index in [1.165, 1.54) is 12.1 Å². The summed E-state index contributed by atoms with van der Waals surface area (Å²) in [6.07, 6.45) is 3.94. The molecule has 0 unspecified atom stereocenters. The summed E-state index contributed by atoms with van der Waals surface area (Å²) < 4.78 is 28.5. The number of nitrogens with zero attached hydrogens (tertiary/aromatic N) is 1. The van der Waals surface area contributed by atoms with E-state index in [1.807, 2.05) is 0 Å². The molecule has 1 atom stereocenters. The smallest absolute Gasteiger partial charge is 0.132 e. The van der Waals surface area contributed by atoms with E-state index in [1.54, 1.807) is 0 Å². The van der Waals surface area contributed by atoms with E-state index >= 15 is 0 Å². The average Bonchev–Trinajstić information content (AvgIpc) is 2.45. The fraction of sp³-hybridized carbons (Fsp3) is 0.625. The van der Waals surface area contributed by atoms with Crippen LogP contribution in [0.5, 0.6) is 0 Å². The number of hydrogen-bond acceptors (Lipinski definition) is 2. The second-order valence-electron chi connectivity index (χ2n) is 5.58. The fourth-order valence-electron chi connectivity index (χ4n) is 2.96. The maximum atomic E-state index is 14.3. The Balaban J connectivity index is 0.00000242. The van der Waals surface area contributed by atoms with Crippen molar-refractivity contribution in [3.8, 4) is 0 Å². The summed E-state index contributed by atoms with van der Waals surface area (Å²) in [4.78, 5) is 2.18. The van der Waals surface area contributed by atoms with Crippen molar-refractivity contribution in [2.75, 3.05) is 26.2 Å². The molecule has 1 aliphatic rings. The molecule has 22 heavy (non-hydrogen) atoms. The van der Waals surface area contributed by atoms with Crippen LogP contribution in [-0.4, -0.2) is 31.1 Å². The van der Waals surface area contributed by atoms with E-state index in [4.69, 9.17) is 11.6 Å². The molecule has 2 nitrogen and oxygen atoms in total. The van der Waals surface area contributed by atoms with Crippen LogP contribution in [0.4, 0.5) is 8.78 Å². The number of halogens is 4. The molecule has 1 aromatic carbocycles. The predicted octanol–water partition coefficient (Wildman–Crippen LogP) is 4.57. The summed E-state index contributed by atoms with van der Waals surface area (Å²) in [5.41, 5.74) is 0.178. The Kier molecular flexibility index (Phi) is 8.62. The third kappa shape index (κ3) is 5.05. The Hall–Kier alpha value is -0.420. The largest absolute Gasteiger partial charge is 0.314 e. The fourth-order valence-corrected chi connectivity index (χ4v) is 3.15. The lowest BCUT2D eigenvalue weighted by molar-refractivity contribution is 0.156. The normalized spacial score (nSPS) is 17.1. The van der Waals surface area contributed by atoms with Gasteiger partial charge in [0.15, 0.2) is 0 Å². The molecule has 1 aliphatic heterocycles. The molecule has 1 aromatic rings. The second-order valence-corrected chi connectivity index (χ2v) is 6.02. The van der Waals surface area contributed by atoms with Crippen molar-refractivity contribution in [2.24, 2.45) is 0 Å². The van der Waals surface area contributed by atoms with Crippen LogP contribution in [0.3, 0.4) is 0 Å². The highest BCUT2D eigenvalue weighted by atomic mass is 35.5. The Morgan fingerprint density at radius 1 is 1.18 bits per heavy atom. The van der Waals surface area contributed by atoms with Crippen LogP contribution in [0, 0.1) is 11.6 Å². The molecule has 1 saturated heterocycles. The van der Waals surface area contributed by atoms with Crippen molar-refractivity contribution < 1.29 is 8.78 Å². The van der Waals surface area contributed by atoms with Gasteiger partial charge in [0, 0.05) is 42.8 Å². The zero-order valence-corrected chi connectivity index (χ0v) is 14.5. The lowest BCUT2D eigenvalue weighted by atomic mass is 9.97. The average molecular weight is 353 g/mol. The van der Waals surface area contributed by atoms with Gasteiger partial charge in [-0.2, -0.15) is 0 Å². The first kappa shape index (κ1) is 19.6. The van der Waals surface area contributed by atoms with Crippen LogP contribution < -0.4 is 5.32 Å². The number of hydrogen-bond donors (Lipinski definition) is 1. The summed E-state index contributed by atoms with van der Waals surface area (Å²) in [5.74, 6) is -1.06. The molecule has 0 radical (unpaired) electrons. The van der Waals surface area contributed by atoms with Crippen molar-refractivity contribution in [1.29, 1.82) is 0 Å². The molecule has 0 saturated carbocycles. The van der Waals surface area contributed by atoms with Crippen molar-refractivity contribution in [1.82, 2.24) is 10.2 Å². The first-order valence-corrected chi connectivity index (χ1v) is 8.10. The molecule has 1 heterocycles. The molecule has 1 fully saturated rings. The molecular weight excluding hydrogens is 329 g/mol. The van der Waals surface area contributed by atoms with Crippen LogP contribution in [0.1, 0.15) is 44.2 Å². The highest BCUT2D eigenvalue weighted by Gasteiger charge is 2.27. The highest BCUT2D eigenvalue weighted by Crippen LogP contribution is 2.32. The van der Waals surface area contributed by atoms with Gasteiger partial charge in [0.2, 0.25) is 0 Å². The molecular formula is C16H24Cl2F2N2. The molecule has 2 rings (SSSR count). The highest BCUT2D eigenvalue weighted by molar-refractivity contribution is 6.30. The van der Waals surface area contributed by atoms with Crippen molar-refractivity contribution in [3.63, 3.8) is 0 Å². The van der Waals surface area contributed by atoms with Gasteiger partial charge < -0.3 is 5.32 Å². The summed E-state index contributed by atoms with van der Waals surface area (Å²) in [7, 11) is 0. The van der Waals surface area contributed by atoms with E-state index in [0.29, 0.717) is 0 Å². The lowest BCUT2D eigenvalue weighted by Crippen LogP contribution is -2.45. The Morgan fingerprint density at radius 3 is 2.32 bits per heavy atom. The van der Waals surface area contributed by atoms with Crippen LogP contribution >= 0.6 is 24.0 Å². The zero-order chi connectivity index (χ0) is 15.2. The van der Waals surface area contributed by atoms with Gasteiger partial charge in [-0.25, -0.2) is 8.78 Å². The minimum absolute atomic E-state index is 0. The van der Waals surface area contributed by atoms with E-state index in [0.717, 1.165) is 51.9 Å². The maximum absolute atomic E-state index is 14.3. The third-order valence-electron chi connectivity index (χ3n) is 4.05. The number of nitrogens with one attached hydrogen (secondary N) is 1. The minimum Gasteiger partial charge on any atom is -0.314 e. The molecule has 0 aromatic heterocycles. The quantitative estimate of drug-likeness (QED) is 0.754. The van der Waals surface area contributed by atoms with Crippen molar-refractivity contribution in [2.45, 2.75) is 38.6 Å². The van der Waals surface area contributed by atoms with Gasteiger partial charge in [0.1, 0.15) is 11.6 Å². The summed E-state index contributed by atoms with van der Waals surface area (Å²) in [6.45, 7) is 5.49. The SMILES string of the molecule is CCCCC[C@H](c1c(F)cc(Cl)cc1F)N1CCNCC1.Cl. The monoisotopic (exact) mass is 352 g/mol. The summed E-state index contributed by atoms with van der Waals surface area (Å²) in [6, 6.07) is 2.24. The lowest BCUT2D eigenvalue weighted by Gasteiger charge is -2.35. The van der Waals surface area contributed by atoms with Crippen LogP contribution in [0.25, 0.3) is 0 Å². The summed E-state index contributed by atoms with van der Waals surface area (Å²) in [5, 5.41) is 3.39. The number of rotatable bonds is 6. The third-order valence-corrected chi connectivity index (χ3v) is 4.27. The van der Waals surface area contributed by atoms with Gasteiger partial charge in [0.05, 0.1) is 0 Å². The Labute approximate surface area is 142 Å². The van der Waals surface area contributed by atoms with Crippen LogP contribution in [0.2, 0.25) is 5.02 Å². The van der Waals surface area contributed by atoms with Gasteiger partial charge in [-0.15, -0.1) is 12.4 Å². The minimum atomic E-state index is -0.528. The number of benzene rings is 1. The van der Waals surface area contributed by atoms with Gasteiger partial charge >= 0.3 is 0 Å². The van der Waals surface area contributed by atoms with Crippen LogP contribution in [-0.2, 0) is 0 Å². The molecule has 126 valence electrons. The number of unbranched alkanes of at least 4 members (excludes halogenated alkanes) is 2. The standard InChI is InChI=1S/C16H23ClF2N2.ClH/c1-2-3-4-5-15(21-8-6-20-7-9-21)16-13(18)10-12(17)11-14(16)19;/h10-11,15,20H,2-9H2,1H3;1H/t15-;/m1./s1. The van der Waals surface area contributed by atoms with Gasteiger partial charge in [-0.1, -0.05) is 37.8 Å². The molecule has 0 bridgehead atoms. The summed E-state index contributed by atoms with van der Waals surface area (Å²) >= 11 is 5.74. The molecule has 1 N–H and O–H groups in total. The molecule has 0 amide bonds. The zero-order valence-electron chi connectivity index (χ0n) is 12.9. The number of piperazine rings is 1. The first-order valence-electron chi connectivity index (χ1n) is 7.72. The maximum Gasteiger partial charge on any atom is 0.132 e. The van der Waals surface area contributed by atoms with Gasteiger partial charge in [-0.05, 0) is 18.6 Å². The Morgan fingerprint density at radius 2 is 1.77 bits per heavy atom. The van der Waals surface area contributed by atoms with Gasteiger partial charge in [0.25, 0.3) is 0 Å². The van der Waals surface area contributed by atoms with Crippen molar-refractivity contribution >= 4 is 24.0 Å². The van der Waals surface area contributed by atoms with Crippen LogP contribution in [0.15, 0.2) is 12.1 Å². The molecule has 0 spiro atoms. The molecule has 0 aliphatic carbocycles. The van der Waals surface area contributed by atoms with Gasteiger partial charge in [-0.3, -0.25) is 4.90 Å². The van der Waals surface area contributed by atoms with E-state index in [-0.39, 0.29) is 29.0 Å². The van der Waals surface area contributed by atoms with E-state index < -0.39 is 11.6 Å². The second kappa shape index (κ2) is 9.66. The molecule has 6 heteroatoms.